The van der Waals surface area contributed by atoms with Gasteiger partial charge in [0.1, 0.15) is 0 Å². The van der Waals surface area contributed by atoms with Gasteiger partial charge in [0.2, 0.25) is 10.0 Å². The van der Waals surface area contributed by atoms with Crippen molar-refractivity contribution in [3.05, 3.63) is 24.3 Å². The summed E-state index contributed by atoms with van der Waals surface area (Å²) in [7, 11) is -3.45. The Kier molecular flexibility index (Phi) is 5.12. The van der Waals surface area contributed by atoms with Gasteiger partial charge in [-0.25, -0.2) is 8.42 Å². The third-order valence-electron chi connectivity index (χ3n) is 3.75. The van der Waals surface area contributed by atoms with Crippen LogP contribution in [0.2, 0.25) is 0 Å². The fraction of sp³-hybridized carbons (Fsp3) is 0.571. The third-order valence-corrected chi connectivity index (χ3v) is 6.40. The van der Waals surface area contributed by atoms with Crippen molar-refractivity contribution in [3.8, 4) is 0 Å². The first-order valence-corrected chi connectivity index (χ1v) is 9.55. The number of hydrogen-bond acceptors (Lipinski definition) is 4. The Balaban J connectivity index is 2.36. The summed E-state index contributed by atoms with van der Waals surface area (Å²) >= 11 is 1.55. The van der Waals surface area contributed by atoms with Crippen LogP contribution in [-0.4, -0.2) is 37.6 Å². The average Bonchev–Trinajstić information content (AvgIpc) is 2.47. The van der Waals surface area contributed by atoms with Gasteiger partial charge in [-0.2, -0.15) is 4.31 Å². The number of nitrogens with zero attached hydrogens (tertiary/aromatic N) is 1. The van der Waals surface area contributed by atoms with Crippen LogP contribution in [-0.2, 0) is 10.0 Å². The summed E-state index contributed by atoms with van der Waals surface area (Å²) in [6.45, 7) is 2.45. The highest BCUT2D eigenvalue weighted by atomic mass is 32.2. The first-order chi connectivity index (χ1) is 9.46. The highest BCUT2D eigenvalue weighted by Gasteiger charge is 2.35. The second-order valence-electron chi connectivity index (χ2n) is 5.22. The number of thioether (sulfide) groups is 1. The lowest BCUT2D eigenvalue weighted by Gasteiger charge is -2.36. The molecule has 0 amide bonds. The number of rotatable bonds is 4. The van der Waals surface area contributed by atoms with Crippen LogP contribution in [0.1, 0.15) is 26.2 Å². The summed E-state index contributed by atoms with van der Waals surface area (Å²) in [6.07, 6.45) is 4.74. The fourth-order valence-corrected chi connectivity index (χ4v) is 5.01. The molecule has 112 valence electrons. The zero-order chi connectivity index (χ0) is 14.8. The van der Waals surface area contributed by atoms with Gasteiger partial charge in [0.25, 0.3) is 0 Å². The lowest BCUT2D eigenvalue weighted by atomic mass is 10.00. The molecule has 2 unspecified atom stereocenters. The maximum absolute atomic E-state index is 12.8. The maximum Gasteiger partial charge on any atom is 0.243 e. The number of nitrogens with two attached hydrogens (primary N) is 1. The lowest BCUT2D eigenvalue weighted by molar-refractivity contribution is 0.227. The summed E-state index contributed by atoms with van der Waals surface area (Å²) in [5.41, 5.74) is 5.98. The van der Waals surface area contributed by atoms with Crippen molar-refractivity contribution in [3.63, 3.8) is 0 Å². The van der Waals surface area contributed by atoms with E-state index in [1.54, 1.807) is 34.3 Å². The van der Waals surface area contributed by atoms with E-state index in [4.69, 9.17) is 5.73 Å². The predicted octanol–water partition coefficient (Wildman–Crippen LogP) is 2.30. The Labute approximate surface area is 125 Å². The van der Waals surface area contributed by atoms with Crippen LogP contribution in [0.4, 0.5) is 0 Å². The number of sulfonamides is 1. The Morgan fingerprint density at radius 2 is 2.15 bits per heavy atom. The zero-order valence-electron chi connectivity index (χ0n) is 12.0. The molecular weight excluding hydrogens is 292 g/mol. The molecule has 2 atom stereocenters. The number of piperidine rings is 1. The van der Waals surface area contributed by atoms with Crippen LogP contribution in [0.5, 0.6) is 0 Å². The molecule has 1 fully saturated rings. The van der Waals surface area contributed by atoms with E-state index in [2.05, 4.69) is 0 Å². The molecule has 20 heavy (non-hydrogen) atoms. The van der Waals surface area contributed by atoms with Crippen LogP contribution in [0.15, 0.2) is 34.1 Å². The molecule has 2 N–H and O–H groups in total. The molecule has 1 aromatic rings. The predicted molar refractivity (Wildman–Crippen MR) is 83.4 cm³/mol. The van der Waals surface area contributed by atoms with Crippen molar-refractivity contribution in [1.29, 1.82) is 0 Å². The van der Waals surface area contributed by atoms with Gasteiger partial charge in [-0.1, -0.05) is 12.5 Å². The molecular formula is C14H22N2O2S2. The lowest BCUT2D eigenvalue weighted by Crippen LogP contribution is -2.51. The second-order valence-corrected chi connectivity index (χ2v) is 7.99. The van der Waals surface area contributed by atoms with E-state index in [1.165, 1.54) is 0 Å². The van der Waals surface area contributed by atoms with Gasteiger partial charge < -0.3 is 5.73 Å². The normalized spacial score (nSPS) is 22.6. The van der Waals surface area contributed by atoms with Gasteiger partial charge >= 0.3 is 0 Å². The molecule has 1 saturated heterocycles. The largest absolute Gasteiger partial charge is 0.326 e. The number of hydrogen-bond donors (Lipinski definition) is 1. The molecule has 2 rings (SSSR count). The smallest absolute Gasteiger partial charge is 0.243 e. The molecule has 4 nitrogen and oxygen atoms in total. The van der Waals surface area contributed by atoms with Crippen LogP contribution < -0.4 is 5.73 Å². The molecule has 1 aliphatic rings. The molecule has 0 spiro atoms. The van der Waals surface area contributed by atoms with Crippen molar-refractivity contribution in [2.45, 2.75) is 48.1 Å². The Morgan fingerprint density at radius 1 is 1.40 bits per heavy atom. The van der Waals surface area contributed by atoms with Gasteiger partial charge in [-0.3, -0.25) is 0 Å². The van der Waals surface area contributed by atoms with E-state index in [9.17, 15) is 8.42 Å². The van der Waals surface area contributed by atoms with E-state index in [0.717, 1.165) is 24.2 Å². The molecule has 0 radical (unpaired) electrons. The summed E-state index contributed by atoms with van der Waals surface area (Å²) in [6, 6.07) is 6.89. The van der Waals surface area contributed by atoms with Crippen molar-refractivity contribution < 1.29 is 8.42 Å². The van der Waals surface area contributed by atoms with E-state index in [1.807, 2.05) is 19.2 Å². The second kappa shape index (κ2) is 6.47. The van der Waals surface area contributed by atoms with Crippen molar-refractivity contribution >= 4 is 21.8 Å². The Morgan fingerprint density at radius 3 is 2.80 bits per heavy atom. The Hall–Kier alpha value is -0.560. The highest BCUT2D eigenvalue weighted by Crippen LogP contribution is 2.28. The Bertz CT molecular complexity index is 558. The monoisotopic (exact) mass is 314 g/mol. The molecule has 0 aromatic heterocycles. The summed E-state index contributed by atoms with van der Waals surface area (Å²) < 4.78 is 27.3. The summed E-state index contributed by atoms with van der Waals surface area (Å²) in [5, 5.41) is 0. The molecule has 1 aliphatic heterocycles. The number of benzene rings is 1. The van der Waals surface area contributed by atoms with Gasteiger partial charge in [-0.05, 0) is 44.2 Å². The minimum Gasteiger partial charge on any atom is -0.326 e. The average molecular weight is 314 g/mol. The van der Waals surface area contributed by atoms with Gasteiger partial charge in [-0.15, -0.1) is 11.8 Å². The molecule has 0 aliphatic carbocycles. The van der Waals surface area contributed by atoms with E-state index >= 15 is 0 Å². The third kappa shape index (κ3) is 3.19. The summed E-state index contributed by atoms with van der Waals surface area (Å²) in [5.74, 6) is 0. The van der Waals surface area contributed by atoms with E-state index in [-0.39, 0.29) is 12.1 Å². The van der Waals surface area contributed by atoms with E-state index < -0.39 is 10.0 Å². The zero-order valence-corrected chi connectivity index (χ0v) is 13.6. The minimum absolute atomic E-state index is 0.0910. The van der Waals surface area contributed by atoms with Crippen molar-refractivity contribution in [1.82, 2.24) is 4.31 Å². The maximum atomic E-state index is 12.8. The molecule has 0 bridgehead atoms. The standard InChI is InChI=1S/C14H22N2O2S2/c1-11(15)14-8-3-4-9-16(14)20(17,18)13-7-5-6-12(10-13)19-2/h5-7,10-11,14H,3-4,8-9,15H2,1-2H3. The van der Waals surface area contributed by atoms with Crippen LogP contribution in [0, 0.1) is 0 Å². The highest BCUT2D eigenvalue weighted by molar-refractivity contribution is 7.98. The van der Waals surface area contributed by atoms with Crippen molar-refractivity contribution in [2.24, 2.45) is 5.73 Å². The molecule has 0 saturated carbocycles. The molecule has 6 heteroatoms. The molecule has 1 aromatic carbocycles. The van der Waals surface area contributed by atoms with Gasteiger partial charge in [0.05, 0.1) is 4.90 Å². The topological polar surface area (TPSA) is 63.4 Å². The first kappa shape index (κ1) is 15.8. The first-order valence-electron chi connectivity index (χ1n) is 6.88. The molecule has 1 heterocycles. The quantitative estimate of drug-likeness (QED) is 0.866. The van der Waals surface area contributed by atoms with Gasteiger partial charge in [0, 0.05) is 23.5 Å². The fourth-order valence-electron chi connectivity index (χ4n) is 2.65. The minimum atomic E-state index is -3.45. The van der Waals surface area contributed by atoms with Crippen LogP contribution in [0.3, 0.4) is 0 Å². The summed E-state index contributed by atoms with van der Waals surface area (Å²) in [4.78, 5) is 1.33. The van der Waals surface area contributed by atoms with E-state index in [0.29, 0.717) is 11.4 Å². The van der Waals surface area contributed by atoms with Crippen LogP contribution >= 0.6 is 11.8 Å². The van der Waals surface area contributed by atoms with Gasteiger partial charge in [0.15, 0.2) is 0 Å². The van der Waals surface area contributed by atoms with Crippen LogP contribution in [0.25, 0.3) is 0 Å². The SMILES string of the molecule is CSc1cccc(S(=O)(=O)N2CCCCC2C(C)N)c1. The van der Waals surface area contributed by atoms with Crippen molar-refractivity contribution in [2.75, 3.05) is 12.8 Å².